The molecule has 0 amide bonds. The number of sulfonamides is 1. The fourth-order valence-electron chi connectivity index (χ4n) is 2.34. The van der Waals surface area contributed by atoms with Crippen molar-refractivity contribution in [3.63, 3.8) is 0 Å². The molecule has 1 fully saturated rings. The van der Waals surface area contributed by atoms with E-state index in [1.165, 1.54) is 0 Å². The summed E-state index contributed by atoms with van der Waals surface area (Å²) in [6.45, 7) is 4.81. The van der Waals surface area contributed by atoms with E-state index in [0.29, 0.717) is 15.4 Å². The highest BCUT2D eigenvalue weighted by Crippen LogP contribution is 2.24. The van der Waals surface area contributed by atoms with Crippen LogP contribution in [-0.4, -0.2) is 27.0 Å². The van der Waals surface area contributed by atoms with Crippen molar-refractivity contribution in [2.75, 3.05) is 6.54 Å². The van der Waals surface area contributed by atoms with Crippen molar-refractivity contribution in [1.82, 2.24) is 10.0 Å². The van der Waals surface area contributed by atoms with Gasteiger partial charge in [0.05, 0.1) is 4.90 Å². The summed E-state index contributed by atoms with van der Waals surface area (Å²) in [7, 11) is -3.46. The lowest BCUT2D eigenvalue weighted by atomic mass is 10.0. The first-order valence-electron chi connectivity index (χ1n) is 6.40. The van der Waals surface area contributed by atoms with Crippen LogP contribution in [0, 0.1) is 6.92 Å². The Kier molecular flexibility index (Phi) is 6.47. The predicted molar refractivity (Wildman–Crippen MR) is 86.9 cm³/mol. The molecule has 2 atom stereocenters. The third-order valence-corrected chi connectivity index (χ3v) is 5.84. The maximum atomic E-state index is 12.4. The summed E-state index contributed by atoms with van der Waals surface area (Å²) in [4.78, 5) is 0.318. The van der Waals surface area contributed by atoms with Gasteiger partial charge in [-0.2, -0.15) is 0 Å². The topological polar surface area (TPSA) is 58.2 Å². The normalized spacial score (nSPS) is 23.1. The van der Waals surface area contributed by atoms with Crippen LogP contribution in [0.15, 0.2) is 27.6 Å². The molecule has 2 unspecified atom stereocenters. The lowest BCUT2D eigenvalue weighted by Gasteiger charge is -2.28. The van der Waals surface area contributed by atoms with E-state index in [2.05, 4.69) is 32.9 Å². The van der Waals surface area contributed by atoms with Gasteiger partial charge in [0.2, 0.25) is 10.0 Å². The molecule has 0 aliphatic carbocycles. The maximum Gasteiger partial charge on any atom is 0.241 e. The Balaban J connectivity index is 0.00000200. The Labute approximate surface area is 135 Å². The van der Waals surface area contributed by atoms with Crippen LogP contribution in [0.5, 0.6) is 0 Å². The van der Waals surface area contributed by atoms with Crippen molar-refractivity contribution in [2.24, 2.45) is 0 Å². The lowest BCUT2D eigenvalue weighted by Crippen LogP contribution is -2.46. The van der Waals surface area contributed by atoms with Crippen molar-refractivity contribution < 1.29 is 8.42 Å². The van der Waals surface area contributed by atoms with Gasteiger partial charge in [-0.15, -0.1) is 12.4 Å². The Bertz CT molecular complexity index is 565. The molecule has 1 saturated heterocycles. The predicted octanol–water partition coefficient (Wildman–Crippen LogP) is 2.60. The van der Waals surface area contributed by atoms with Crippen LogP contribution in [0.4, 0.5) is 0 Å². The average molecular weight is 384 g/mol. The number of hydrogen-bond donors (Lipinski definition) is 2. The van der Waals surface area contributed by atoms with E-state index >= 15 is 0 Å². The Morgan fingerprint density at radius 1 is 1.40 bits per heavy atom. The van der Waals surface area contributed by atoms with Crippen molar-refractivity contribution in [3.05, 3.63) is 28.2 Å². The fraction of sp³-hybridized carbons (Fsp3) is 0.538. The van der Waals surface area contributed by atoms with Gasteiger partial charge in [-0.3, -0.25) is 0 Å². The molecule has 4 nitrogen and oxygen atoms in total. The minimum absolute atomic E-state index is 0. The van der Waals surface area contributed by atoms with Gasteiger partial charge >= 0.3 is 0 Å². The van der Waals surface area contributed by atoms with E-state index in [-0.39, 0.29) is 18.4 Å². The molecular weight excluding hydrogens is 364 g/mol. The summed E-state index contributed by atoms with van der Waals surface area (Å²) in [5.74, 6) is 0. The molecule has 1 heterocycles. The molecule has 2 rings (SSSR count). The second-order valence-electron chi connectivity index (χ2n) is 5.13. The summed E-state index contributed by atoms with van der Waals surface area (Å²) in [6.07, 6.45) is 1.65. The third-order valence-electron chi connectivity index (χ3n) is 3.32. The molecule has 0 radical (unpaired) electrons. The zero-order valence-corrected chi connectivity index (χ0v) is 14.7. The highest BCUT2D eigenvalue weighted by molar-refractivity contribution is 9.10. The zero-order valence-electron chi connectivity index (χ0n) is 11.5. The number of halogens is 2. The molecule has 0 aromatic heterocycles. The van der Waals surface area contributed by atoms with Crippen molar-refractivity contribution >= 4 is 38.4 Å². The number of hydrogen-bond acceptors (Lipinski definition) is 3. The molecule has 7 heteroatoms. The van der Waals surface area contributed by atoms with Crippen LogP contribution < -0.4 is 10.0 Å². The Hall–Kier alpha value is -0.140. The van der Waals surface area contributed by atoms with Crippen LogP contribution in [0.1, 0.15) is 25.3 Å². The van der Waals surface area contributed by atoms with Gasteiger partial charge in [-0.05, 0) is 66.9 Å². The smallest absolute Gasteiger partial charge is 0.241 e. The summed E-state index contributed by atoms with van der Waals surface area (Å²) < 4.78 is 28.3. The largest absolute Gasteiger partial charge is 0.314 e. The van der Waals surface area contributed by atoms with Crippen molar-refractivity contribution in [2.45, 2.75) is 43.7 Å². The van der Waals surface area contributed by atoms with E-state index in [0.717, 1.165) is 24.9 Å². The molecule has 2 N–H and O–H groups in total. The van der Waals surface area contributed by atoms with Crippen molar-refractivity contribution in [1.29, 1.82) is 0 Å². The van der Waals surface area contributed by atoms with E-state index in [9.17, 15) is 8.42 Å². The number of piperidine rings is 1. The molecule has 0 spiro atoms. The van der Waals surface area contributed by atoms with Gasteiger partial charge in [-0.25, -0.2) is 13.1 Å². The molecule has 20 heavy (non-hydrogen) atoms. The molecule has 114 valence electrons. The minimum Gasteiger partial charge on any atom is -0.314 e. The monoisotopic (exact) mass is 382 g/mol. The molecule has 0 bridgehead atoms. The summed E-state index contributed by atoms with van der Waals surface area (Å²) in [5.41, 5.74) is 0.933. The van der Waals surface area contributed by atoms with Crippen LogP contribution in [0.2, 0.25) is 0 Å². The molecule has 0 saturated carbocycles. The molecule has 1 aliphatic heterocycles. The first kappa shape index (κ1) is 17.9. The molecule has 1 aliphatic rings. The molecule has 1 aromatic carbocycles. The summed E-state index contributed by atoms with van der Waals surface area (Å²) in [6, 6.07) is 5.71. The van der Waals surface area contributed by atoms with E-state index < -0.39 is 10.0 Å². The van der Waals surface area contributed by atoms with Gasteiger partial charge in [0.15, 0.2) is 0 Å². The van der Waals surface area contributed by atoms with Crippen LogP contribution in [0.3, 0.4) is 0 Å². The molecule has 1 aromatic rings. The van der Waals surface area contributed by atoms with Crippen molar-refractivity contribution in [3.8, 4) is 0 Å². The first-order valence-corrected chi connectivity index (χ1v) is 8.68. The second kappa shape index (κ2) is 7.22. The quantitative estimate of drug-likeness (QED) is 0.843. The Morgan fingerprint density at radius 3 is 2.75 bits per heavy atom. The van der Waals surface area contributed by atoms with Gasteiger partial charge in [0, 0.05) is 16.6 Å². The van der Waals surface area contributed by atoms with Crippen LogP contribution in [0.25, 0.3) is 0 Å². The number of nitrogens with one attached hydrogen (secondary N) is 2. The zero-order chi connectivity index (χ0) is 14.0. The second-order valence-corrected chi connectivity index (χ2v) is 7.67. The summed E-state index contributed by atoms with van der Waals surface area (Å²) in [5, 5.41) is 3.31. The van der Waals surface area contributed by atoms with Gasteiger partial charge in [0.1, 0.15) is 0 Å². The van der Waals surface area contributed by atoms with Gasteiger partial charge in [-0.1, -0.05) is 6.07 Å². The highest BCUT2D eigenvalue weighted by Gasteiger charge is 2.25. The lowest BCUT2D eigenvalue weighted by molar-refractivity contribution is 0.361. The third kappa shape index (κ3) is 4.43. The number of benzene rings is 1. The maximum absolute atomic E-state index is 12.4. The number of rotatable bonds is 3. The first-order chi connectivity index (χ1) is 8.88. The average Bonchev–Trinajstić information content (AvgIpc) is 2.31. The molecular formula is C13H20BrClN2O2S. The fourth-order valence-corrected chi connectivity index (χ4v) is 4.67. The van der Waals surface area contributed by atoms with Gasteiger partial charge in [0.25, 0.3) is 0 Å². The minimum atomic E-state index is -3.46. The summed E-state index contributed by atoms with van der Waals surface area (Å²) >= 11 is 3.31. The van der Waals surface area contributed by atoms with E-state index in [4.69, 9.17) is 0 Å². The van der Waals surface area contributed by atoms with E-state index in [1.54, 1.807) is 12.1 Å². The highest BCUT2D eigenvalue weighted by atomic mass is 79.9. The SMILES string of the molecule is Cc1ccc(Br)c(S(=O)(=O)NC2CCNC(C)C2)c1.Cl. The standard InChI is InChI=1S/C13H19BrN2O2S.ClH/c1-9-3-4-12(14)13(7-9)19(17,18)16-11-5-6-15-10(2)8-11;/h3-4,7,10-11,15-16H,5-6,8H2,1-2H3;1H. The van der Waals surface area contributed by atoms with E-state index in [1.807, 2.05) is 13.0 Å². The van der Waals surface area contributed by atoms with Crippen LogP contribution in [-0.2, 0) is 10.0 Å². The van der Waals surface area contributed by atoms with Crippen LogP contribution >= 0.6 is 28.3 Å². The van der Waals surface area contributed by atoms with Gasteiger partial charge < -0.3 is 5.32 Å². The number of aryl methyl sites for hydroxylation is 1. The Morgan fingerprint density at radius 2 is 2.10 bits per heavy atom.